The van der Waals surface area contributed by atoms with Gasteiger partial charge in [-0.2, -0.15) is 18.2 Å². The van der Waals surface area contributed by atoms with Gasteiger partial charge in [0.25, 0.3) is 0 Å². The van der Waals surface area contributed by atoms with Crippen molar-refractivity contribution >= 4 is 24.0 Å². The van der Waals surface area contributed by atoms with Crippen molar-refractivity contribution in [3.63, 3.8) is 0 Å². The first-order valence-corrected chi connectivity index (χ1v) is 7.88. The Hall–Kier alpha value is -2.13. The molecule has 1 aromatic heterocycles. The van der Waals surface area contributed by atoms with E-state index in [1.807, 2.05) is 6.92 Å². The van der Waals surface area contributed by atoms with Crippen LogP contribution < -0.4 is 10.6 Å². The van der Waals surface area contributed by atoms with Gasteiger partial charge >= 0.3 is 12.1 Å². The number of hydrogen-bond acceptors (Lipinski definition) is 5. The molecule has 0 bridgehead atoms. The molecule has 0 spiro atoms. The van der Waals surface area contributed by atoms with Gasteiger partial charge in [-0.25, -0.2) is 0 Å². The molecule has 2 N–H and O–H groups in total. The molecule has 2 heterocycles. The molecule has 2 atom stereocenters. The summed E-state index contributed by atoms with van der Waals surface area (Å²) in [5.41, 5.74) is 0.937. The molecule has 0 radical (unpaired) electrons. The number of nitrogens with zero attached hydrogens (tertiary/aromatic N) is 2. The van der Waals surface area contributed by atoms with E-state index >= 15 is 0 Å². The number of carbonyl (C=O) groups is 1. The number of carbonyl (C=O) groups excluding carboxylic acids is 1. The molecule has 1 amide bonds. The van der Waals surface area contributed by atoms with Gasteiger partial charge in [-0.05, 0) is 50.6 Å². The highest BCUT2D eigenvalue weighted by molar-refractivity contribution is 5.92. The number of benzene rings is 1. The second kappa shape index (κ2) is 8.05. The van der Waals surface area contributed by atoms with E-state index in [1.54, 1.807) is 12.1 Å². The lowest BCUT2D eigenvalue weighted by atomic mass is 9.92. The Kier molecular flexibility index (Phi) is 6.25. The Bertz CT molecular complexity index is 749. The first kappa shape index (κ1) is 20.2. The van der Waals surface area contributed by atoms with Crippen LogP contribution in [0.25, 0.3) is 11.4 Å². The van der Waals surface area contributed by atoms with Crippen LogP contribution in [0, 0.1) is 5.92 Å². The van der Waals surface area contributed by atoms with Crippen molar-refractivity contribution in [3.05, 3.63) is 30.2 Å². The molecule has 3 rings (SSSR count). The molecule has 1 saturated heterocycles. The summed E-state index contributed by atoms with van der Waals surface area (Å²) in [5, 5.41) is 9.44. The first-order valence-electron chi connectivity index (χ1n) is 7.88. The minimum Gasteiger partial charge on any atom is -0.329 e. The predicted octanol–water partition coefficient (Wildman–Crippen LogP) is 3.50. The first-order chi connectivity index (χ1) is 11.8. The standard InChI is InChI=1S/C16H17F3N4O2.ClH/c1-9-8-11(6-7-20-9)14(24)21-12-4-2-10(3-5-12)13-22-15(25-23-13)16(17,18)19;/h2-5,9,11,20H,6-8H2,1H3,(H,21,24);1H/t9-,11-;/m0./s1. The maximum absolute atomic E-state index is 12.5. The summed E-state index contributed by atoms with van der Waals surface area (Å²) < 4.78 is 41.6. The quantitative estimate of drug-likeness (QED) is 0.838. The Balaban J connectivity index is 0.00000243. The molecule has 10 heteroatoms. The number of amides is 1. The van der Waals surface area contributed by atoms with E-state index in [0.29, 0.717) is 17.3 Å². The Morgan fingerprint density at radius 3 is 2.58 bits per heavy atom. The third-order valence-electron chi connectivity index (χ3n) is 4.07. The van der Waals surface area contributed by atoms with E-state index in [0.717, 1.165) is 19.4 Å². The van der Waals surface area contributed by atoms with Crippen molar-refractivity contribution in [1.29, 1.82) is 0 Å². The average Bonchev–Trinajstić information content (AvgIpc) is 3.06. The van der Waals surface area contributed by atoms with E-state index in [9.17, 15) is 18.0 Å². The smallest absolute Gasteiger partial charge is 0.329 e. The third kappa shape index (κ3) is 4.73. The summed E-state index contributed by atoms with van der Waals surface area (Å²) in [7, 11) is 0. The molecule has 0 saturated carbocycles. The van der Waals surface area contributed by atoms with Crippen molar-refractivity contribution in [1.82, 2.24) is 15.5 Å². The number of aromatic nitrogens is 2. The van der Waals surface area contributed by atoms with E-state index in [-0.39, 0.29) is 30.1 Å². The monoisotopic (exact) mass is 390 g/mol. The maximum atomic E-state index is 12.5. The third-order valence-corrected chi connectivity index (χ3v) is 4.07. The number of anilines is 1. The molecule has 26 heavy (non-hydrogen) atoms. The summed E-state index contributed by atoms with van der Waals surface area (Å²) in [4.78, 5) is 15.6. The van der Waals surface area contributed by atoms with Crippen molar-refractivity contribution in [2.24, 2.45) is 5.92 Å². The van der Waals surface area contributed by atoms with Crippen molar-refractivity contribution in [2.75, 3.05) is 11.9 Å². The molecule has 0 aliphatic carbocycles. The summed E-state index contributed by atoms with van der Waals surface area (Å²) >= 11 is 0. The molecule has 6 nitrogen and oxygen atoms in total. The van der Waals surface area contributed by atoms with Crippen LogP contribution in [0.3, 0.4) is 0 Å². The van der Waals surface area contributed by atoms with Crippen LogP contribution in [0.15, 0.2) is 28.8 Å². The zero-order chi connectivity index (χ0) is 18.0. The van der Waals surface area contributed by atoms with Crippen LogP contribution in [0.4, 0.5) is 18.9 Å². The van der Waals surface area contributed by atoms with Crippen molar-refractivity contribution < 1.29 is 22.5 Å². The largest absolute Gasteiger partial charge is 0.471 e. The molecule has 1 aliphatic heterocycles. The van der Waals surface area contributed by atoms with Gasteiger partial charge in [0.2, 0.25) is 11.7 Å². The van der Waals surface area contributed by atoms with E-state index in [4.69, 9.17) is 0 Å². The Morgan fingerprint density at radius 2 is 2.00 bits per heavy atom. The van der Waals surface area contributed by atoms with Crippen LogP contribution in [-0.2, 0) is 11.0 Å². The topological polar surface area (TPSA) is 80.1 Å². The highest BCUT2D eigenvalue weighted by Crippen LogP contribution is 2.29. The fourth-order valence-corrected chi connectivity index (χ4v) is 2.77. The Labute approximate surface area is 153 Å². The van der Waals surface area contributed by atoms with Crippen LogP contribution >= 0.6 is 12.4 Å². The minimum absolute atomic E-state index is 0. The number of piperidine rings is 1. The van der Waals surface area contributed by atoms with Crippen molar-refractivity contribution in [3.8, 4) is 11.4 Å². The molecule has 0 unspecified atom stereocenters. The van der Waals surface area contributed by atoms with E-state index < -0.39 is 12.1 Å². The molecular formula is C16H18ClF3N4O2. The SMILES string of the molecule is C[C@H]1C[C@@H](C(=O)Nc2ccc(-c3noc(C(F)(F)F)n3)cc2)CCN1.Cl. The van der Waals surface area contributed by atoms with Gasteiger partial charge in [0.1, 0.15) is 0 Å². The number of nitrogens with one attached hydrogen (secondary N) is 2. The minimum atomic E-state index is -4.68. The second-order valence-corrected chi connectivity index (χ2v) is 6.06. The summed E-state index contributed by atoms with van der Waals surface area (Å²) in [6, 6.07) is 6.56. The summed E-state index contributed by atoms with van der Waals surface area (Å²) in [6.07, 6.45) is -3.13. The highest BCUT2D eigenvalue weighted by Gasteiger charge is 2.38. The van der Waals surface area contributed by atoms with Gasteiger partial charge in [0, 0.05) is 23.2 Å². The maximum Gasteiger partial charge on any atom is 0.471 e. The fourth-order valence-electron chi connectivity index (χ4n) is 2.77. The lowest BCUT2D eigenvalue weighted by molar-refractivity contribution is -0.159. The summed E-state index contributed by atoms with van der Waals surface area (Å²) in [6.45, 7) is 2.84. The Morgan fingerprint density at radius 1 is 1.31 bits per heavy atom. The molecule has 1 aliphatic rings. The number of hydrogen-bond donors (Lipinski definition) is 2. The number of halogens is 4. The number of rotatable bonds is 3. The lowest BCUT2D eigenvalue weighted by Gasteiger charge is -2.27. The second-order valence-electron chi connectivity index (χ2n) is 6.06. The average molecular weight is 391 g/mol. The normalized spacial score (nSPS) is 20.3. The van der Waals surface area contributed by atoms with Crippen molar-refractivity contribution in [2.45, 2.75) is 32.0 Å². The summed E-state index contributed by atoms with van der Waals surface area (Å²) in [5.74, 6) is -1.65. The molecule has 142 valence electrons. The van der Waals surface area contributed by atoms with Gasteiger partial charge in [0.05, 0.1) is 0 Å². The van der Waals surface area contributed by atoms with Gasteiger partial charge < -0.3 is 15.2 Å². The van der Waals surface area contributed by atoms with E-state index in [1.165, 1.54) is 12.1 Å². The fraction of sp³-hybridized carbons (Fsp3) is 0.438. The van der Waals surface area contributed by atoms with E-state index in [2.05, 4.69) is 25.3 Å². The van der Waals surface area contributed by atoms with Crippen LogP contribution in [0.5, 0.6) is 0 Å². The van der Waals surface area contributed by atoms with Gasteiger partial charge in [0.15, 0.2) is 0 Å². The van der Waals surface area contributed by atoms with Crippen LogP contribution in [0.1, 0.15) is 25.7 Å². The van der Waals surface area contributed by atoms with Crippen LogP contribution in [0.2, 0.25) is 0 Å². The van der Waals surface area contributed by atoms with Crippen LogP contribution in [-0.4, -0.2) is 28.6 Å². The molecule has 2 aromatic rings. The molecular weight excluding hydrogens is 373 g/mol. The number of alkyl halides is 3. The lowest BCUT2D eigenvalue weighted by Crippen LogP contribution is -2.40. The van der Waals surface area contributed by atoms with Gasteiger partial charge in [-0.1, -0.05) is 5.16 Å². The molecule has 1 fully saturated rings. The van der Waals surface area contributed by atoms with Gasteiger partial charge in [-0.3, -0.25) is 4.79 Å². The predicted molar refractivity (Wildman–Crippen MR) is 90.8 cm³/mol. The van der Waals surface area contributed by atoms with Gasteiger partial charge in [-0.15, -0.1) is 12.4 Å². The molecule has 1 aromatic carbocycles. The highest BCUT2D eigenvalue weighted by atomic mass is 35.5. The zero-order valence-corrected chi connectivity index (χ0v) is 14.7. The zero-order valence-electron chi connectivity index (χ0n) is 13.8.